The molecule has 7 nitrogen and oxygen atoms in total. The molecule has 0 aliphatic carbocycles. The van der Waals surface area contributed by atoms with Crippen LogP contribution in [-0.2, 0) is 0 Å². The molecule has 0 amide bonds. The molecule has 0 aliphatic rings. The quantitative estimate of drug-likeness (QED) is 0.397. The molecule has 1 heterocycles. The van der Waals surface area contributed by atoms with Gasteiger partial charge in [0.15, 0.2) is 5.78 Å². The van der Waals surface area contributed by atoms with Gasteiger partial charge in [0.25, 0.3) is 0 Å². The summed E-state index contributed by atoms with van der Waals surface area (Å²) < 4.78 is 1.31. The van der Waals surface area contributed by atoms with Crippen LogP contribution in [0.1, 0.15) is 23.0 Å². The van der Waals surface area contributed by atoms with Crippen molar-refractivity contribution in [3.63, 3.8) is 0 Å². The molecule has 0 bridgehead atoms. The Labute approximate surface area is 120 Å². The lowest BCUT2D eigenvalue weighted by Gasteiger charge is -2.01. The van der Waals surface area contributed by atoms with Crippen LogP contribution in [0, 0.1) is 22.0 Å². The van der Waals surface area contributed by atoms with Crippen molar-refractivity contribution in [3.8, 4) is 17.5 Å². The molecule has 106 valence electrons. The zero-order chi connectivity index (χ0) is 15.4. The predicted molar refractivity (Wildman–Crippen MR) is 74.2 cm³/mol. The number of aromatic nitrogens is 2. The van der Waals surface area contributed by atoms with Gasteiger partial charge in [-0.2, -0.15) is 5.10 Å². The van der Waals surface area contributed by atoms with Gasteiger partial charge in [0.1, 0.15) is 12.8 Å². The number of Topliss-reactive ketones (excluding diaryl/α,β-unsaturated/α-hetero) is 1. The number of aliphatic hydroxyl groups is 1. The van der Waals surface area contributed by atoms with Crippen LogP contribution in [0.5, 0.6) is 0 Å². The number of carbonyl (C=O) groups excluding carboxylic acids is 1. The van der Waals surface area contributed by atoms with Gasteiger partial charge in [-0.1, -0.05) is 5.92 Å². The molecule has 0 atom stereocenters. The fourth-order valence-electron chi connectivity index (χ4n) is 1.69. The van der Waals surface area contributed by atoms with Gasteiger partial charge in [-0.3, -0.25) is 14.9 Å². The van der Waals surface area contributed by atoms with Gasteiger partial charge in [-0.25, -0.2) is 4.68 Å². The first kappa shape index (κ1) is 14.4. The van der Waals surface area contributed by atoms with Crippen molar-refractivity contribution < 1.29 is 14.8 Å². The summed E-state index contributed by atoms with van der Waals surface area (Å²) in [6, 6.07) is 6.50. The Morgan fingerprint density at radius 2 is 2.10 bits per heavy atom. The Balaban J connectivity index is 2.44. The first-order valence-electron chi connectivity index (χ1n) is 5.98. The number of nitrogens with zero attached hydrogens (tertiary/aromatic N) is 3. The molecule has 7 heteroatoms. The van der Waals surface area contributed by atoms with Gasteiger partial charge in [0, 0.05) is 5.56 Å². The minimum atomic E-state index is -0.588. The second-order valence-corrected chi connectivity index (χ2v) is 4.13. The number of ketones is 1. The van der Waals surface area contributed by atoms with Gasteiger partial charge < -0.3 is 5.11 Å². The molecule has 0 fully saturated rings. The first-order valence-corrected chi connectivity index (χ1v) is 5.98. The molecular weight excluding hydrogens is 274 g/mol. The lowest BCUT2D eigenvalue weighted by atomic mass is 10.1. The topological polar surface area (TPSA) is 98.3 Å². The van der Waals surface area contributed by atoms with E-state index in [0.29, 0.717) is 11.3 Å². The summed E-state index contributed by atoms with van der Waals surface area (Å²) in [5.74, 6) is 4.70. The zero-order valence-corrected chi connectivity index (χ0v) is 11.1. The van der Waals surface area contributed by atoms with Crippen LogP contribution < -0.4 is 0 Å². The highest BCUT2D eigenvalue weighted by molar-refractivity contribution is 5.94. The van der Waals surface area contributed by atoms with Crippen LogP contribution in [0.25, 0.3) is 5.69 Å². The maximum absolute atomic E-state index is 11.2. The number of hydrogen-bond acceptors (Lipinski definition) is 5. The van der Waals surface area contributed by atoms with Crippen LogP contribution in [-0.4, -0.2) is 32.2 Å². The lowest BCUT2D eigenvalue weighted by molar-refractivity contribution is -0.385. The largest absolute Gasteiger partial charge is 0.384 e. The summed E-state index contributed by atoms with van der Waals surface area (Å²) in [7, 11) is 0. The molecule has 2 rings (SSSR count). The number of hydrogen-bond donors (Lipinski definition) is 1. The molecule has 0 aliphatic heterocycles. The Kier molecular flexibility index (Phi) is 4.11. The third-order valence-corrected chi connectivity index (χ3v) is 2.72. The second-order valence-electron chi connectivity index (χ2n) is 4.13. The van der Waals surface area contributed by atoms with Crippen molar-refractivity contribution in [2.45, 2.75) is 6.92 Å². The number of aliphatic hydroxyl groups excluding tert-OH is 1. The van der Waals surface area contributed by atoms with E-state index in [1.807, 2.05) is 0 Å². The number of rotatable bonds is 3. The van der Waals surface area contributed by atoms with Crippen molar-refractivity contribution in [2.75, 3.05) is 6.61 Å². The second kappa shape index (κ2) is 5.98. The third-order valence-electron chi connectivity index (χ3n) is 2.72. The maximum atomic E-state index is 11.2. The van der Waals surface area contributed by atoms with E-state index in [1.54, 1.807) is 24.3 Å². The maximum Gasteiger partial charge on any atom is 0.323 e. The highest BCUT2D eigenvalue weighted by Gasteiger charge is 2.18. The monoisotopic (exact) mass is 285 g/mol. The van der Waals surface area contributed by atoms with Gasteiger partial charge >= 0.3 is 5.69 Å². The van der Waals surface area contributed by atoms with E-state index in [0.717, 1.165) is 0 Å². The minimum Gasteiger partial charge on any atom is -0.384 e. The minimum absolute atomic E-state index is 0.0234. The van der Waals surface area contributed by atoms with Gasteiger partial charge in [0.05, 0.1) is 10.6 Å². The summed E-state index contributed by atoms with van der Waals surface area (Å²) >= 11 is 0. The highest BCUT2D eigenvalue weighted by Crippen LogP contribution is 2.19. The number of benzene rings is 1. The summed E-state index contributed by atoms with van der Waals surface area (Å²) in [6.07, 6.45) is 1.24. The van der Waals surface area contributed by atoms with Crippen LogP contribution >= 0.6 is 0 Å². The third kappa shape index (κ3) is 3.13. The molecule has 0 spiro atoms. The average molecular weight is 285 g/mol. The van der Waals surface area contributed by atoms with Crippen LogP contribution in [0.3, 0.4) is 0 Å². The Bertz CT molecular complexity index is 751. The van der Waals surface area contributed by atoms with Gasteiger partial charge in [-0.15, -0.1) is 0 Å². The summed E-state index contributed by atoms with van der Waals surface area (Å²) in [4.78, 5) is 21.6. The van der Waals surface area contributed by atoms with Crippen molar-refractivity contribution >= 4 is 11.5 Å². The SMILES string of the molecule is CC(=O)c1ccc(-n2cc([N+](=O)[O-])c(C#CCO)n2)cc1. The fraction of sp³-hybridized carbons (Fsp3) is 0.143. The Morgan fingerprint density at radius 3 is 2.62 bits per heavy atom. The van der Waals surface area contributed by atoms with Crippen molar-refractivity contribution in [2.24, 2.45) is 0 Å². The zero-order valence-electron chi connectivity index (χ0n) is 11.1. The standard InChI is InChI=1S/C14H11N3O4/c1-10(19)11-4-6-12(7-5-11)16-9-14(17(20)21)13(15-16)3-2-8-18/h4-7,9,18H,8H2,1H3. The molecule has 1 N–H and O–H groups in total. The van der Waals surface area contributed by atoms with E-state index in [1.165, 1.54) is 17.8 Å². The molecule has 1 aromatic heterocycles. The summed E-state index contributed by atoms with van der Waals surface area (Å²) in [5, 5.41) is 23.6. The van der Waals surface area contributed by atoms with E-state index in [9.17, 15) is 14.9 Å². The Morgan fingerprint density at radius 1 is 1.43 bits per heavy atom. The normalized spacial score (nSPS) is 9.81. The molecule has 0 unspecified atom stereocenters. The van der Waals surface area contributed by atoms with Crippen molar-refractivity contribution in [1.82, 2.24) is 9.78 Å². The van der Waals surface area contributed by atoms with Crippen LogP contribution in [0.2, 0.25) is 0 Å². The van der Waals surface area contributed by atoms with Crippen LogP contribution in [0.4, 0.5) is 5.69 Å². The average Bonchev–Trinajstić information content (AvgIpc) is 2.89. The molecule has 0 saturated carbocycles. The molecule has 0 saturated heterocycles. The number of carbonyl (C=O) groups is 1. The predicted octanol–water partition coefficient (Wildman–Crippen LogP) is 1.33. The van der Waals surface area contributed by atoms with E-state index < -0.39 is 11.5 Å². The summed E-state index contributed by atoms with van der Waals surface area (Å²) in [6.45, 7) is 1.05. The van der Waals surface area contributed by atoms with Gasteiger partial charge in [-0.05, 0) is 37.1 Å². The molecule has 2 aromatic rings. The van der Waals surface area contributed by atoms with E-state index in [4.69, 9.17) is 5.11 Å². The van der Waals surface area contributed by atoms with E-state index in [-0.39, 0.29) is 17.2 Å². The highest BCUT2D eigenvalue weighted by atomic mass is 16.6. The fourth-order valence-corrected chi connectivity index (χ4v) is 1.69. The Hall–Kier alpha value is -2.98. The lowest BCUT2D eigenvalue weighted by Crippen LogP contribution is -1.97. The van der Waals surface area contributed by atoms with Gasteiger partial charge in [0.2, 0.25) is 5.69 Å². The first-order chi connectivity index (χ1) is 10.0. The van der Waals surface area contributed by atoms with Crippen molar-refractivity contribution in [3.05, 3.63) is 51.8 Å². The van der Waals surface area contributed by atoms with Crippen molar-refractivity contribution in [1.29, 1.82) is 0 Å². The number of nitro groups is 1. The summed E-state index contributed by atoms with van der Waals surface area (Å²) in [5.41, 5.74) is 0.845. The molecular formula is C14H11N3O4. The molecule has 0 radical (unpaired) electrons. The van der Waals surface area contributed by atoms with Crippen LogP contribution in [0.15, 0.2) is 30.5 Å². The molecule has 21 heavy (non-hydrogen) atoms. The van der Waals surface area contributed by atoms with E-state index in [2.05, 4.69) is 16.9 Å². The molecule has 1 aromatic carbocycles. The van der Waals surface area contributed by atoms with E-state index >= 15 is 0 Å². The smallest absolute Gasteiger partial charge is 0.323 e.